The molecule has 0 radical (unpaired) electrons. The average molecular weight is 314 g/mol. The molecule has 0 atom stereocenters. The minimum atomic E-state index is -0.372. The van der Waals surface area contributed by atoms with Crippen molar-refractivity contribution in [3.63, 3.8) is 0 Å². The monoisotopic (exact) mass is 313 g/mol. The number of thiophene rings is 1. The summed E-state index contributed by atoms with van der Waals surface area (Å²) in [4.78, 5) is 17.8. The lowest BCUT2D eigenvalue weighted by Crippen LogP contribution is -2.27. The van der Waals surface area contributed by atoms with Crippen molar-refractivity contribution in [2.45, 2.75) is 31.8 Å². The fourth-order valence-electron chi connectivity index (χ4n) is 2.37. The average Bonchev–Trinajstić information content (AvgIpc) is 3.04. The maximum Gasteiger partial charge on any atom is 0.286 e. The first-order chi connectivity index (χ1) is 9.65. The fraction of sp³-hybridized carbons (Fsp3) is 0.357. The van der Waals surface area contributed by atoms with Crippen molar-refractivity contribution in [3.05, 3.63) is 33.9 Å². The predicted molar refractivity (Wildman–Crippen MR) is 77.6 cm³/mol. The number of fused-ring (bicyclic) bond motifs is 1. The number of hydrogen-bond donors (Lipinski definition) is 1. The number of hydroxylamine groups is 1. The van der Waals surface area contributed by atoms with Crippen LogP contribution in [0.4, 0.5) is 4.39 Å². The molecule has 0 spiro atoms. The number of carbonyl (C=O) groups is 1. The number of halogens is 2. The Morgan fingerprint density at radius 2 is 2.15 bits per heavy atom. The van der Waals surface area contributed by atoms with Crippen LogP contribution in [0.2, 0.25) is 5.02 Å². The van der Waals surface area contributed by atoms with Crippen LogP contribution in [0.15, 0.2) is 18.2 Å². The van der Waals surface area contributed by atoms with Crippen LogP contribution in [-0.2, 0) is 4.84 Å². The van der Waals surface area contributed by atoms with E-state index in [0.29, 0.717) is 20.0 Å². The van der Waals surface area contributed by atoms with Gasteiger partial charge in [0.2, 0.25) is 0 Å². The van der Waals surface area contributed by atoms with E-state index < -0.39 is 0 Å². The van der Waals surface area contributed by atoms with Crippen LogP contribution in [0.5, 0.6) is 0 Å². The second kappa shape index (κ2) is 5.68. The van der Waals surface area contributed by atoms with Gasteiger partial charge in [-0.15, -0.1) is 11.3 Å². The summed E-state index contributed by atoms with van der Waals surface area (Å²) in [5.41, 5.74) is 2.45. The largest absolute Gasteiger partial charge is 0.286 e. The van der Waals surface area contributed by atoms with Crippen molar-refractivity contribution in [2.24, 2.45) is 0 Å². The molecule has 1 saturated carbocycles. The molecule has 3 nitrogen and oxygen atoms in total. The minimum Gasteiger partial charge on any atom is -0.270 e. The van der Waals surface area contributed by atoms with E-state index in [2.05, 4.69) is 5.48 Å². The number of amides is 1. The van der Waals surface area contributed by atoms with Gasteiger partial charge in [0, 0.05) is 10.1 Å². The highest BCUT2D eigenvalue weighted by Crippen LogP contribution is 2.35. The molecular weight excluding hydrogens is 301 g/mol. The summed E-state index contributed by atoms with van der Waals surface area (Å²) in [5, 5.41) is 1.03. The van der Waals surface area contributed by atoms with E-state index in [0.717, 1.165) is 37.0 Å². The topological polar surface area (TPSA) is 38.3 Å². The van der Waals surface area contributed by atoms with Gasteiger partial charge in [-0.05, 0) is 31.0 Å². The Kier molecular flexibility index (Phi) is 3.92. The second-order valence-corrected chi connectivity index (χ2v) is 6.27. The zero-order chi connectivity index (χ0) is 14.1. The fourth-order valence-corrected chi connectivity index (χ4v) is 3.80. The van der Waals surface area contributed by atoms with Gasteiger partial charge < -0.3 is 0 Å². The van der Waals surface area contributed by atoms with Crippen LogP contribution in [0.3, 0.4) is 0 Å². The number of benzene rings is 1. The summed E-state index contributed by atoms with van der Waals surface area (Å²) in [7, 11) is 0. The summed E-state index contributed by atoms with van der Waals surface area (Å²) < 4.78 is 13.8. The minimum absolute atomic E-state index is 0.0875. The van der Waals surface area contributed by atoms with E-state index >= 15 is 0 Å². The standard InChI is InChI=1S/C14H13ClFNO2S/c15-12-10-6-5-8(16)7-11(10)20-13(12)14(18)17-19-9-3-1-2-4-9/h5-7,9H,1-4H2,(H,17,18). The van der Waals surface area contributed by atoms with Crippen molar-refractivity contribution in [3.8, 4) is 0 Å². The van der Waals surface area contributed by atoms with E-state index in [-0.39, 0.29) is 17.8 Å². The highest BCUT2D eigenvalue weighted by Gasteiger charge is 2.21. The summed E-state index contributed by atoms with van der Waals surface area (Å²) >= 11 is 7.34. The Labute approximate surface area is 124 Å². The summed E-state index contributed by atoms with van der Waals surface area (Å²) in [6.45, 7) is 0. The molecule has 1 aromatic heterocycles. The molecule has 0 bridgehead atoms. The molecule has 1 aromatic carbocycles. The number of hydrogen-bond acceptors (Lipinski definition) is 3. The van der Waals surface area contributed by atoms with Crippen molar-refractivity contribution >= 4 is 38.9 Å². The summed E-state index contributed by atoms with van der Waals surface area (Å²) in [6.07, 6.45) is 4.27. The first-order valence-corrected chi connectivity index (χ1v) is 7.68. The SMILES string of the molecule is O=C(NOC1CCCC1)c1sc2cc(F)ccc2c1Cl. The first-order valence-electron chi connectivity index (χ1n) is 6.48. The highest BCUT2D eigenvalue weighted by molar-refractivity contribution is 7.21. The van der Waals surface area contributed by atoms with E-state index in [1.165, 1.54) is 12.1 Å². The maximum absolute atomic E-state index is 13.2. The predicted octanol–water partition coefficient (Wildman–Crippen LogP) is 4.30. The van der Waals surface area contributed by atoms with E-state index in [1.807, 2.05) is 0 Å². The molecule has 106 valence electrons. The van der Waals surface area contributed by atoms with Crippen molar-refractivity contribution in [1.29, 1.82) is 0 Å². The Bertz CT molecular complexity index is 652. The highest BCUT2D eigenvalue weighted by atomic mass is 35.5. The molecule has 1 aliphatic rings. The van der Waals surface area contributed by atoms with Crippen LogP contribution in [-0.4, -0.2) is 12.0 Å². The maximum atomic E-state index is 13.2. The quantitative estimate of drug-likeness (QED) is 0.858. The lowest BCUT2D eigenvalue weighted by atomic mass is 10.2. The summed E-state index contributed by atoms with van der Waals surface area (Å²) in [5.74, 6) is -0.715. The first kappa shape index (κ1) is 13.8. The molecule has 0 unspecified atom stereocenters. The Hall–Kier alpha value is -1.17. The third-order valence-electron chi connectivity index (χ3n) is 3.42. The molecule has 0 aliphatic heterocycles. The van der Waals surface area contributed by atoms with Crippen LogP contribution >= 0.6 is 22.9 Å². The van der Waals surface area contributed by atoms with Gasteiger partial charge in [0.05, 0.1) is 11.1 Å². The van der Waals surface area contributed by atoms with Gasteiger partial charge in [-0.25, -0.2) is 9.87 Å². The molecule has 1 N–H and O–H groups in total. The number of rotatable bonds is 3. The van der Waals surface area contributed by atoms with Crippen LogP contribution in [0.1, 0.15) is 35.4 Å². The zero-order valence-corrected chi connectivity index (χ0v) is 12.2. The summed E-state index contributed by atoms with van der Waals surface area (Å²) in [6, 6.07) is 4.29. The molecule has 1 amide bonds. The molecule has 2 aromatic rings. The molecule has 0 saturated heterocycles. The number of nitrogens with one attached hydrogen (secondary N) is 1. The van der Waals surface area contributed by atoms with Crippen LogP contribution < -0.4 is 5.48 Å². The smallest absolute Gasteiger partial charge is 0.270 e. The lowest BCUT2D eigenvalue weighted by molar-refractivity contribution is -0.0122. The molecule has 1 aliphatic carbocycles. The van der Waals surface area contributed by atoms with Gasteiger partial charge in [-0.3, -0.25) is 9.63 Å². The van der Waals surface area contributed by atoms with Gasteiger partial charge >= 0.3 is 0 Å². The third kappa shape index (κ3) is 2.66. The van der Waals surface area contributed by atoms with Gasteiger partial charge in [0.15, 0.2) is 0 Å². The molecule has 1 fully saturated rings. The van der Waals surface area contributed by atoms with Gasteiger partial charge in [0.1, 0.15) is 10.7 Å². The molecule has 3 rings (SSSR count). The van der Waals surface area contributed by atoms with Gasteiger partial charge in [-0.1, -0.05) is 24.4 Å². The van der Waals surface area contributed by atoms with Gasteiger partial charge in [-0.2, -0.15) is 0 Å². The molecular formula is C14H13ClFNO2S. The van der Waals surface area contributed by atoms with E-state index in [9.17, 15) is 9.18 Å². The normalized spacial score (nSPS) is 15.9. The lowest BCUT2D eigenvalue weighted by Gasteiger charge is -2.10. The zero-order valence-electron chi connectivity index (χ0n) is 10.6. The molecule has 6 heteroatoms. The Morgan fingerprint density at radius 1 is 1.40 bits per heavy atom. The second-order valence-electron chi connectivity index (χ2n) is 4.84. The van der Waals surface area contributed by atoms with E-state index in [4.69, 9.17) is 16.4 Å². The Morgan fingerprint density at radius 3 is 2.90 bits per heavy atom. The molecule has 20 heavy (non-hydrogen) atoms. The van der Waals surface area contributed by atoms with Crippen LogP contribution in [0, 0.1) is 5.82 Å². The van der Waals surface area contributed by atoms with Crippen molar-refractivity contribution in [2.75, 3.05) is 0 Å². The van der Waals surface area contributed by atoms with Crippen molar-refractivity contribution in [1.82, 2.24) is 5.48 Å². The third-order valence-corrected chi connectivity index (χ3v) is 5.07. The number of carbonyl (C=O) groups excluding carboxylic acids is 1. The van der Waals surface area contributed by atoms with Crippen LogP contribution in [0.25, 0.3) is 10.1 Å². The van der Waals surface area contributed by atoms with Crippen molar-refractivity contribution < 1.29 is 14.0 Å². The Balaban J connectivity index is 1.78. The van der Waals surface area contributed by atoms with Gasteiger partial charge in [0.25, 0.3) is 5.91 Å². The molecule has 1 heterocycles. The van der Waals surface area contributed by atoms with E-state index in [1.54, 1.807) is 6.07 Å².